The van der Waals surface area contributed by atoms with Crippen LogP contribution in [0.15, 0.2) is 18.3 Å². The first kappa shape index (κ1) is 9.40. The van der Waals surface area contributed by atoms with Crippen molar-refractivity contribution < 1.29 is 4.79 Å². The van der Waals surface area contributed by atoms with Crippen LogP contribution in [0.5, 0.6) is 0 Å². The van der Waals surface area contributed by atoms with Gasteiger partial charge in [-0.05, 0) is 25.0 Å². The molecule has 13 heavy (non-hydrogen) atoms. The molecule has 0 saturated heterocycles. The van der Waals surface area contributed by atoms with Crippen molar-refractivity contribution in [3.8, 4) is 6.07 Å². The highest BCUT2D eigenvalue weighted by molar-refractivity contribution is 5.75. The molecule has 0 saturated carbocycles. The zero-order valence-corrected chi connectivity index (χ0v) is 7.45. The van der Waals surface area contributed by atoms with Gasteiger partial charge in [-0.2, -0.15) is 5.26 Å². The summed E-state index contributed by atoms with van der Waals surface area (Å²) in [5.41, 5.74) is 1.40. The molecule has 0 fully saturated rings. The smallest absolute Gasteiger partial charge is 0.140 e. The number of nitriles is 1. The molecule has 0 unspecified atom stereocenters. The molecule has 0 aliphatic rings. The van der Waals surface area contributed by atoms with E-state index in [4.69, 9.17) is 5.26 Å². The fourth-order valence-corrected chi connectivity index (χ4v) is 0.959. The van der Waals surface area contributed by atoms with Crippen molar-refractivity contribution in [1.29, 1.82) is 5.26 Å². The summed E-state index contributed by atoms with van der Waals surface area (Å²) in [6, 6.07) is 5.43. The molecule has 1 aromatic rings. The Kier molecular flexibility index (Phi) is 3.15. The number of carbonyl (C=O) groups is 1. The van der Waals surface area contributed by atoms with E-state index in [1.165, 1.54) is 0 Å². The van der Waals surface area contributed by atoms with Gasteiger partial charge in [0.25, 0.3) is 0 Å². The molecular formula is C10H10N2O. The Balaban J connectivity index is 2.60. The van der Waals surface area contributed by atoms with Crippen LogP contribution in [0.1, 0.15) is 24.6 Å². The summed E-state index contributed by atoms with van der Waals surface area (Å²) in [5.74, 6) is 0.171. The van der Waals surface area contributed by atoms with Crippen molar-refractivity contribution in [2.75, 3.05) is 0 Å². The number of ketones is 1. The van der Waals surface area contributed by atoms with Crippen LogP contribution in [0.4, 0.5) is 0 Å². The van der Waals surface area contributed by atoms with Gasteiger partial charge in [-0.3, -0.25) is 0 Å². The minimum atomic E-state index is 0.171. The minimum absolute atomic E-state index is 0.171. The van der Waals surface area contributed by atoms with Gasteiger partial charge in [0.1, 0.15) is 17.5 Å². The fraction of sp³-hybridized carbons (Fsp3) is 0.300. The third-order valence-corrected chi connectivity index (χ3v) is 1.71. The second-order valence-electron chi connectivity index (χ2n) is 2.87. The molecule has 0 aromatic carbocycles. The molecule has 0 radical (unpaired) electrons. The first-order valence-electron chi connectivity index (χ1n) is 4.07. The van der Waals surface area contributed by atoms with Crippen LogP contribution in [0.2, 0.25) is 0 Å². The van der Waals surface area contributed by atoms with E-state index < -0.39 is 0 Å². The van der Waals surface area contributed by atoms with Gasteiger partial charge in [-0.25, -0.2) is 4.98 Å². The van der Waals surface area contributed by atoms with Crippen molar-refractivity contribution in [2.45, 2.75) is 19.8 Å². The van der Waals surface area contributed by atoms with Gasteiger partial charge in [0.2, 0.25) is 0 Å². The Labute approximate surface area is 77.0 Å². The number of aryl methyl sites for hydroxylation is 1. The highest BCUT2D eigenvalue weighted by Gasteiger charge is 1.97. The first-order valence-corrected chi connectivity index (χ1v) is 4.07. The third-order valence-electron chi connectivity index (χ3n) is 1.71. The van der Waals surface area contributed by atoms with Gasteiger partial charge >= 0.3 is 0 Å². The molecule has 0 aliphatic heterocycles. The van der Waals surface area contributed by atoms with E-state index in [-0.39, 0.29) is 5.78 Å². The Morgan fingerprint density at radius 3 is 2.85 bits per heavy atom. The van der Waals surface area contributed by atoms with Crippen LogP contribution < -0.4 is 0 Å². The maximum absolute atomic E-state index is 10.7. The van der Waals surface area contributed by atoms with Gasteiger partial charge in [-0.15, -0.1) is 0 Å². The third kappa shape index (κ3) is 3.04. The highest BCUT2D eigenvalue weighted by Crippen LogP contribution is 2.02. The molecule has 0 bridgehead atoms. The number of pyridine rings is 1. The number of rotatable bonds is 3. The maximum atomic E-state index is 10.7. The quantitative estimate of drug-likeness (QED) is 0.697. The molecule has 3 heteroatoms. The van der Waals surface area contributed by atoms with Gasteiger partial charge < -0.3 is 4.79 Å². The SMILES string of the molecule is CC(=O)CCc1ccc(C#N)nc1. The normalized spacial score (nSPS) is 9.23. The average Bonchev–Trinajstić information content (AvgIpc) is 2.15. The molecule has 1 aromatic heterocycles. The molecule has 1 rings (SSSR count). The van der Waals surface area contributed by atoms with Crippen LogP contribution in [-0.2, 0) is 11.2 Å². The van der Waals surface area contributed by atoms with Crippen LogP contribution in [-0.4, -0.2) is 10.8 Å². The number of hydrogen-bond donors (Lipinski definition) is 0. The molecule has 1 heterocycles. The second kappa shape index (κ2) is 4.36. The lowest BCUT2D eigenvalue weighted by atomic mass is 10.1. The zero-order chi connectivity index (χ0) is 9.68. The lowest BCUT2D eigenvalue weighted by Gasteiger charge is -1.97. The summed E-state index contributed by atoms with van der Waals surface area (Å²) in [5, 5.41) is 8.48. The van der Waals surface area contributed by atoms with E-state index in [1.807, 2.05) is 12.1 Å². The van der Waals surface area contributed by atoms with Crippen molar-refractivity contribution >= 4 is 5.78 Å². The van der Waals surface area contributed by atoms with Gasteiger partial charge in [0.05, 0.1) is 0 Å². The molecule has 0 amide bonds. The van der Waals surface area contributed by atoms with E-state index in [0.29, 0.717) is 18.5 Å². The molecule has 66 valence electrons. The maximum Gasteiger partial charge on any atom is 0.140 e. The minimum Gasteiger partial charge on any atom is -0.300 e. The van der Waals surface area contributed by atoms with E-state index in [1.54, 1.807) is 19.2 Å². The predicted molar refractivity (Wildman–Crippen MR) is 48.0 cm³/mol. The number of nitrogens with zero attached hydrogens (tertiary/aromatic N) is 2. The van der Waals surface area contributed by atoms with Crippen LogP contribution >= 0.6 is 0 Å². The molecule has 0 atom stereocenters. The number of carbonyl (C=O) groups excluding carboxylic acids is 1. The van der Waals surface area contributed by atoms with Gasteiger partial charge in [0, 0.05) is 12.6 Å². The number of Topliss-reactive ketones (excluding diaryl/α,β-unsaturated/α-hetero) is 1. The molecular weight excluding hydrogens is 164 g/mol. The Morgan fingerprint density at radius 2 is 2.38 bits per heavy atom. The van der Waals surface area contributed by atoms with Crippen molar-refractivity contribution in [3.05, 3.63) is 29.6 Å². The number of aromatic nitrogens is 1. The van der Waals surface area contributed by atoms with Gasteiger partial charge in [-0.1, -0.05) is 6.07 Å². The molecule has 0 spiro atoms. The molecule has 0 aliphatic carbocycles. The van der Waals surface area contributed by atoms with E-state index in [2.05, 4.69) is 4.98 Å². The highest BCUT2D eigenvalue weighted by atomic mass is 16.1. The Morgan fingerprint density at radius 1 is 1.62 bits per heavy atom. The number of hydrogen-bond acceptors (Lipinski definition) is 3. The summed E-state index contributed by atoms with van der Waals surface area (Å²) >= 11 is 0. The van der Waals surface area contributed by atoms with Crippen LogP contribution in [0.25, 0.3) is 0 Å². The topological polar surface area (TPSA) is 53.8 Å². The molecule has 3 nitrogen and oxygen atoms in total. The lowest BCUT2D eigenvalue weighted by Crippen LogP contribution is -1.94. The van der Waals surface area contributed by atoms with E-state index >= 15 is 0 Å². The van der Waals surface area contributed by atoms with Gasteiger partial charge in [0.15, 0.2) is 0 Å². The van der Waals surface area contributed by atoms with Crippen LogP contribution in [0.3, 0.4) is 0 Å². The predicted octanol–water partition coefficient (Wildman–Crippen LogP) is 1.47. The van der Waals surface area contributed by atoms with Crippen molar-refractivity contribution in [2.24, 2.45) is 0 Å². The summed E-state index contributed by atoms with van der Waals surface area (Å²) in [6.45, 7) is 1.57. The Bertz CT molecular complexity index is 335. The van der Waals surface area contributed by atoms with Crippen LogP contribution in [0, 0.1) is 11.3 Å². The Hall–Kier alpha value is -1.69. The average molecular weight is 174 g/mol. The second-order valence-corrected chi connectivity index (χ2v) is 2.87. The zero-order valence-electron chi connectivity index (χ0n) is 7.45. The lowest BCUT2D eigenvalue weighted by molar-refractivity contribution is -0.116. The van der Waals surface area contributed by atoms with E-state index in [9.17, 15) is 4.79 Å². The van der Waals surface area contributed by atoms with E-state index in [0.717, 1.165) is 5.56 Å². The molecule has 0 N–H and O–H groups in total. The van der Waals surface area contributed by atoms with Crippen molar-refractivity contribution in [1.82, 2.24) is 4.98 Å². The largest absolute Gasteiger partial charge is 0.300 e. The summed E-state index contributed by atoms with van der Waals surface area (Å²) in [4.78, 5) is 14.6. The summed E-state index contributed by atoms with van der Waals surface area (Å²) < 4.78 is 0. The monoisotopic (exact) mass is 174 g/mol. The first-order chi connectivity index (χ1) is 6.22. The summed E-state index contributed by atoms with van der Waals surface area (Å²) in [6.07, 6.45) is 2.88. The fourth-order valence-electron chi connectivity index (χ4n) is 0.959. The standard InChI is InChI=1S/C10H10N2O/c1-8(13)2-3-9-4-5-10(6-11)12-7-9/h4-5,7H,2-3H2,1H3. The summed E-state index contributed by atoms with van der Waals surface area (Å²) in [7, 11) is 0. The van der Waals surface area contributed by atoms with Crippen molar-refractivity contribution in [3.63, 3.8) is 0 Å².